The minimum atomic E-state index is -0.286. The van der Waals surface area contributed by atoms with Gasteiger partial charge in [0.1, 0.15) is 0 Å². The van der Waals surface area contributed by atoms with Gasteiger partial charge in [0, 0.05) is 18.8 Å². The lowest BCUT2D eigenvalue weighted by Gasteiger charge is -2.39. The number of benzene rings is 2. The summed E-state index contributed by atoms with van der Waals surface area (Å²) in [7, 11) is 1.46. The van der Waals surface area contributed by atoms with E-state index in [4.69, 9.17) is 10.00 Å². The Kier molecular flexibility index (Phi) is 9.92. The number of piperidine rings is 1. The van der Waals surface area contributed by atoms with Gasteiger partial charge in [0.2, 0.25) is 0 Å². The van der Waals surface area contributed by atoms with E-state index >= 15 is 0 Å². The summed E-state index contributed by atoms with van der Waals surface area (Å²) in [6.07, 6.45) is 3.30. The van der Waals surface area contributed by atoms with Crippen LogP contribution >= 0.6 is 15.9 Å². The molecule has 0 radical (unpaired) electrons. The van der Waals surface area contributed by atoms with Gasteiger partial charge in [-0.05, 0) is 61.9 Å². The van der Waals surface area contributed by atoms with Gasteiger partial charge in [0.15, 0.2) is 0 Å². The van der Waals surface area contributed by atoms with E-state index in [2.05, 4.69) is 49.7 Å². The van der Waals surface area contributed by atoms with Gasteiger partial charge >= 0.3 is 12.0 Å². The smallest absolute Gasteiger partial charge is 0.319 e. The van der Waals surface area contributed by atoms with Crippen LogP contribution in [0.25, 0.3) is 0 Å². The van der Waals surface area contributed by atoms with E-state index in [1.165, 1.54) is 7.11 Å². The van der Waals surface area contributed by atoms with Gasteiger partial charge < -0.3 is 15.4 Å². The van der Waals surface area contributed by atoms with Crippen LogP contribution in [-0.2, 0) is 16.0 Å². The molecule has 1 fully saturated rings. The summed E-state index contributed by atoms with van der Waals surface area (Å²) in [5.74, 6) is -0.0432. The molecule has 180 valence electrons. The molecule has 1 aliphatic heterocycles. The first kappa shape index (κ1) is 25.7. The SMILES string of the molecule is COC(=O)C(Cc1ccccc1)C1CCN(CCCNC(=O)Nc2cccc(C#N)c2)C(Br)C1. The predicted octanol–water partition coefficient (Wildman–Crippen LogP) is 4.53. The largest absolute Gasteiger partial charge is 0.469 e. The van der Waals surface area contributed by atoms with E-state index in [1.54, 1.807) is 24.3 Å². The number of anilines is 1. The van der Waals surface area contributed by atoms with Crippen LogP contribution in [0.15, 0.2) is 54.6 Å². The Morgan fingerprint density at radius 1 is 1.24 bits per heavy atom. The zero-order valence-electron chi connectivity index (χ0n) is 19.4. The van der Waals surface area contributed by atoms with Gasteiger partial charge in [-0.15, -0.1) is 0 Å². The van der Waals surface area contributed by atoms with Crippen LogP contribution in [0.1, 0.15) is 30.4 Å². The topological polar surface area (TPSA) is 94.5 Å². The maximum atomic E-state index is 12.5. The van der Waals surface area contributed by atoms with Gasteiger partial charge in [0.25, 0.3) is 0 Å². The summed E-state index contributed by atoms with van der Waals surface area (Å²) in [5, 5.41) is 14.6. The summed E-state index contributed by atoms with van der Waals surface area (Å²) >= 11 is 3.81. The molecule has 8 heteroatoms. The molecule has 0 spiro atoms. The number of esters is 1. The summed E-state index contributed by atoms with van der Waals surface area (Å²) in [6.45, 7) is 2.27. The second-order valence-electron chi connectivity index (χ2n) is 8.50. The van der Waals surface area contributed by atoms with E-state index in [0.717, 1.165) is 37.9 Å². The van der Waals surface area contributed by atoms with Crippen molar-refractivity contribution in [3.8, 4) is 6.07 Å². The summed E-state index contributed by atoms with van der Waals surface area (Å²) < 4.78 is 5.13. The number of nitrogens with zero attached hydrogens (tertiary/aromatic N) is 2. The highest BCUT2D eigenvalue weighted by Gasteiger charge is 2.35. The number of hydrogen-bond acceptors (Lipinski definition) is 5. The van der Waals surface area contributed by atoms with Crippen molar-refractivity contribution in [2.45, 2.75) is 30.6 Å². The molecule has 0 bridgehead atoms. The highest BCUT2D eigenvalue weighted by atomic mass is 79.9. The van der Waals surface area contributed by atoms with Gasteiger partial charge in [-0.2, -0.15) is 5.26 Å². The van der Waals surface area contributed by atoms with E-state index < -0.39 is 0 Å². The van der Waals surface area contributed by atoms with Crippen LogP contribution < -0.4 is 10.6 Å². The second-order valence-corrected chi connectivity index (χ2v) is 9.56. The fourth-order valence-corrected chi connectivity index (χ4v) is 5.28. The number of amides is 2. The predicted molar refractivity (Wildman–Crippen MR) is 135 cm³/mol. The first-order valence-electron chi connectivity index (χ1n) is 11.5. The Morgan fingerprint density at radius 3 is 2.74 bits per heavy atom. The summed E-state index contributed by atoms with van der Waals surface area (Å²) in [6, 6.07) is 18.7. The molecular weight excluding hydrogens is 496 g/mol. The minimum absolute atomic E-state index is 0.141. The van der Waals surface area contributed by atoms with Crippen LogP contribution in [-0.4, -0.2) is 48.6 Å². The number of hydrogen-bond donors (Lipinski definition) is 2. The Balaban J connectivity index is 1.42. The number of halogens is 1. The normalized spacial score (nSPS) is 19.0. The number of carbonyl (C=O) groups excluding carboxylic acids is 2. The molecule has 0 aliphatic carbocycles. The molecule has 1 heterocycles. The molecule has 2 amide bonds. The quantitative estimate of drug-likeness (QED) is 0.216. The van der Waals surface area contributed by atoms with Gasteiger partial charge in [0.05, 0.1) is 29.6 Å². The third kappa shape index (κ3) is 7.57. The van der Waals surface area contributed by atoms with E-state index in [1.807, 2.05) is 18.2 Å². The van der Waals surface area contributed by atoms with E-state index in [-0.39, 0.29) is 28.8 Å². The molecule has 1 aliphatic rings. The van der Waals surface area contributed by atoms with E-state index in [0.29, 0.717) is 24.2 Å². The van der Waals surface area contributed by atoms with Crippen LogP contribution in [0.4, 0.5) is 10.5 Å². The number of ether oxygens (including phenoxy) is 1. The first-order valence-corrected chi connectivity index (χ1v) is 12.5. The highest BCUT2D eigenvalue weighted by molar-refractivity contribution is 9.09. The molecule has 0 aromatic heterocycles. The van der Waals surface area contributed by atoms with Crippen molar-refractivity contribution in [2.75, 3.05) is 32.1 Å². The molecular formula is C26H31BrN4O3. The number of nitrogens with one attached hydrogen (secondary N) is 2. The Bertz CT molecular complexity index is 995. The lowest BCUT2D eigenvalue weighted by Crippen LogP contribution is -2.44. The summed E-state index contributed by atoms with van der Waals surface area (Å²) in [5.41, 5.74) is 2.24. The van der Waals surface area contributed by atoms with Crippen molar-refractivity contribution in [3.63, 3.8) is 0 Å². The van der Waals surface area contributed by atoms with Crippen molar-refractivity contribution in [1.29, 1.82) is 5.26 Å². The first-order chi connectivity index (χ1) is 16.5. The average molecular weight is 527 g/mol. The highest BCUT2D eigenvalue weighted by Crippen LogP contribution is 2.34. The molecule has 3 unspecified atom stereocenters. The third-order valence-electron chi connectivity index (χ3n) is 6.21. The molecule has 34 heavy (non-hydrogen) atoms. The summed E-state index contributed by atoms with van der Waals surface area (Å²) in [4.78, 5) is 27.2. The maximum absolute atomic E-state index is 12.5. The molecule has 3 atom stereocenters. The number of likely N-dealkylation sites (tertiary alicyclic amines) is 1. The number of urea groups is 1. The molecule has 1 saturated heterocycles. The number of alkyl halides is 1. The lowest BCUT2D eigenvalue weighted by molar-refractivity contribution is -0.148. The molecule has 2 N–H and O–H groups in total. The average Bonchev–Trinajstić information content (AvgIpc) is 2.86. The van der Waals surface area contributed by atoms with Crippen molar-refractivity contribution in [3.05, 3.63) is 65.7 Å². The zero-order valence-corrected chi connectivity index (χ0v) is 21.0. The molecule has 2 aromatic rings. The van der Waals surface area contributed by atoms with Crippen molar-refractivity contribution >= 4 is 33.6 Å². The molecule has 7 nitrogen and oxygen atoms in total. The van der Waals surface area contributed by atoms with Crippen molar-refractivity contribution in [2.24, 2.45) is 11.8 Å². The van der Waals surface area contributed by atoms with Gasteiger partial charge in [-0.1, -0.05) is 52.3 Å². The lowest BCUT2D eigenvalue weighted by atomic mass is 9.80. The molecule has 3 rings (SSSR count). The monoisotopic (exact) mass is 526 g/mol. The number of rotatable bonds is 9. The van der Waals surface area contributed by atoms with Gasteiger partial charge in [-0.25, -0.2) is 4.79 Å². The Labute approximate surface area is 209 Å². The number of methoxy groups -OCH3 is 1. The van der Waals surface area contributed by atoms with Crippen molar-refractivity contribution in [1.82, 2.24) is 10.2 Å². The second kappa shape index (κ2) is 13.1. The third-order valence-corrected chi connectivity index (χ3v) is 7.16. The fourth-order valence-electron chi connectivity index (χ4n) is 4.39. The Morgan fingerprint density at radius 2 is 2.03 bits per heavy atom. The zero-order chi connectivity index (χ0) is 24.3. The number of carbonyl (C=O) groups is 2. The molecule has 0 saturated carbocycles. The van der Waals surface area contributed by atoms with E-state index in [9.17, 15) is 9.59 Å². The number of nitriles is 1. The Hall–Kier alpha value is -2.89. The van der Waals surface area contributed by atoms with Crippen LogP contribution in [0.5, 0.6) is 0 Å². The van der Waals surface area contributed by atoms with Crippen molar-refractivity contribution < 1.29 is 14.3 Å². The standard InChI is InChI=1S/C26H31BrN4O3/c1-34-25(32)23(16-19-7-3-2-4-8-19)21-11-14-31(24(27)17-21)13-6-12-29-26(33)30-22-10-5-9-20(15-22)18-28/h2-5,7-10,15,21,23-24H,6,11-14,16-17H2,1H3,(H2,29,30,33). The van der Waals surface area contributed by atoms with Crippen LogP contribution in [0, 0.1) is 23.2 Å². The fraction of sp³-hybridized carbons (Fsp3) is 0.423. The minimum Gasteiger partial charge on any atom is -0.469 e. The molecule has 2 aromatic carbocycles. The van der Waals surface area contributed by atoms with Gasteiger partial charge in [-0.3, -0.25) is 9.69 Å². The van der Waals surface area contributed by atoms with Crippen LogP contribution in [0.2, 0.25) is 0 Å². The maximum Gasteiger partial charge on any atom is 0.319 e. The van der Waals surface area contributed by atoms with Crippen LogP contribution in [0.3, 0.4) is 0 Å².